The van der Waals surface area contributed by atoms with Crippen molar-refractivity contribution in [3.8, 4) is 11.8 Å². The van der Waals surface area contributed by atoms with Crippen LogP contribution in [0.2, 0.25) is 0 Å². The molecule has 1 aliphatic heterocycles. The summed E-state index contributed by atoms with van der Waals surface area (Å²) in [5.41, 5.74) is -0.577. The molecule has 2 aromatic rings. The number of hydrogen-bond donors (Lipinski definition) is 0. The van der Waals surface area contributed by atoms with E-state index in [2.05, 4.69) is 11.8 Å². The minimum absolute atomic E-state index is 0.0380. The Bertz CT molecular complexity index is 952. The Morgan fingerprint density at radius 2 is 1.52 bits per heavy atom. The third-order valence-corrected chi connectivity index (χ3v) is 4.58. The average Bonchev–Trinajstić information content (AvgIpc) is 2.61. The lowest BCUT2D eigenvalue weighted by atomic mass is 9.95. The summed E-state index contributed by atoms with van der Waals surface area (Å²) in [5.74, 6) is 2.83. The number of halogens is 2. The summed E-state index contributed by atoms with van der Waals surface area (Å²) in [5, 5.41) is 0. The number of rotatable bonds is 1. The van der Waals surface area contributed by atoms with Crippen LogP contribution in [-0.4, -0.2) is 29.4 Å². The first-order chi connectivity index (χ1) is 12.7. The summed E-state index contributed by atoms with van der Waals surface area (Å²) in [4.78, 5) is 26.8. The third-order valence-electron chi connectivity index (χ3n) is 4.58. The van der Waals surface area contributed by atoms with Gasteiger partial charge in [0.15, 0.2) is 11.6 Å². The number of nitrogens with zero attached hydrogens (tertiary/aromatic N) is 2. The molecular formula is C21H18F2N2O2. The van der Waals surface area contributed by atoms with Crippen LogP contribution in [-0.2, 0) is 4.79 Å². The fourth-order valence-corrected chi connectivity index (χ4v) is 2.82. The predicted molar refractivity (Wildman–Crippen MR) is 98.1 cm³/mol. The molecule has 0 N–H and O–H groups in total. The van der Waals surface area contributed by atoms with E-state index in [4.69, 9.17) is 0 Å². The van der Waals surface area contributed by atoms with Crippen molar-refractivity contribution >= 4 is 17.6 Å². The first-order valence-corrected chi connectivity index (χ1v) is 8.37. The molecule has 3 amide bonds. The zero-order valence-corrected chi connectivity index (χ0v) is 15.2. The van der Waals surface area contributed by atoms with Gasteiger partial charge in [0.25, 0.3) is 0 Å². The lowest BCUT2D eigenvalue weighted by Crippen LogP contribution is -2.60. The molecule has 0 atom stereocenters. The van der Waals surface area contributed by atoms with E-state index in [-0.39, 0.29) is 12.0 Å². The van der Waals surface area contributed by atoms with Gasteiger partial charge in [0.05, 0.1) is 6.42 Å². The minimum Gasteiger partial charge on any atom is -0.321 e. The minimum atomic E-state index is -1.01. The second-order valence-corrected chi connectivity index (χ2v) is 6.96. The van der Waals surface area contributed by atoms with E-state index in [9.17, 15) is 18.4 Å². The van der Waals surface area contributed by atoms with Crippen molar-refractivity contribution in [2.45, 2.75) is 25.8 Å². The van der Waals surface area contributed by atoms with E-state index < -0.39 is 34.8 Å². The van der Waals surface area contributed by atoms with Crippen LogP contribution in [0.4, 0.5) is 19.3 Å². The van der Waals surface area contributed by atoms with Gasteiger partial charge in [-0.1, -0.05) is 30.0 Å². The molecule has 0 saturated carbocycles. The smallest absolute Gasteiger partial charge is 0.321 e. The largest absolute Gasteiger partial charge is 0.331 e. The Morgan fingerprint density at radius 3 is 2.11 bits per heavy atom. The Kier molecular flexibility index (Phi) is 4.71. The molecule has 0 aliphatic carbocycles. The molecular weight excluding hydrogens is 350 g/mol. The standard InChI is InChI=1S/C21H18F2N2O2/c1-21(2)13-18(26)25(20(27)24(21)3)19-16(22)11-15(12-17(19)23)10-9-14-7-5-4-6-8-14/h4-8,11-12H,13H2,1-3H3. The maximum atomic E-state index is 14.6. The summed E-state index contributed by atoms with van der Waals surface area (Å²) >= 11 is 0. The molecule has 1 aliphatic rings. The second-order valence-electron chi connectivity index (χ2n) is 6.96. The van der Waals surface area contributed by atoms with Gasteiger partial charge < -0.3 is 4.90 Å². The van der Waals surface area contributed by atoms with Crippen molar-refractivity contribution in [3.63, 3.8) is 0 Å². The van der Waals surface area contributed by atoms with Gasteiger partial charge in [0.2, 0.25) is 5.91 Å². The summed E-state index contributed by atoms with van der Waals surface area (Å²) < 4.78 is 29.2. The van der Waals surface area contributed by atoms with Crippen molar-refractivity contribution in [2.24, 2.45) is 0 Å². The number of carbonyl (C=O) groups excluding carboxylic acids is 2. The molecule has 0 bridgehead atoms. The van der Waals surface area contributed by atoms with E-state index in [1.165, 1.54) is 11.9 Å². The van der Waals surface area contributed by atoms with Gasteiger partial charge in [-0.2, -0.15) is 0 Å². The molecule has 138 valence electrons. The zero-order valence-electron chi connectivity index (χ0n) is 15.2. The molecule has 6 heteroatoms. The van der Waals surface area contributed by atoms with Gasteiger partial charge in [-0.05, 0) is 38.1 Å². The highest BCUT2D eigenvalue weighted by Crippen LogP contribution is 2.33. The molecule has 0 radical (unpaired) electrons. The predicted octanol–water partition coefficient (Wildman–Crippen LogP) is 3.93. The van der Waals surface area contributed by atoms with Crippen LogP contribution in [0.25, 0.3) is 0 Å². The molecule has 1 fully saturated rings. The lowest BCUT2D eigenvalue weighted by molar-refractivity contribution is -0.121. The number of imide groups is 1. The zero-order chi connectivity index (χ0) is 19.8. The van der Waals surface area contributed by atoms with Crippen molar-refractivity contribution in [3.05, 3.63) is 65.2 Å². The molecule has 1 saturated heterocycles. The molecule has 0 spiro atoms. The summed E-state index contributed by atoms with van der Waals surface area (Å²) in [6.07, 6.45) is -0.0380. The Morgan fingerprint density at radius 1 is 0.963 bits per heavy atom. The first-order valence-electron chi connectivity index (χ1n) is 8.37. The van der Waals surface area contributed by atoms with Gasteiger partial charge in [0.1, 0.15) is 5.69 Å². The lowest BCUT2D eigenvalue weighted by Gasteiger charge is -2.43. The molecule has 3 rings (SSSR count). The van der Waals surface area contributed by atoms with Crippen LogP contribution in [0, 0.1) is 23.5 Å². The Balaban J connectivity index is 1.98. The van der Waals surface area contributed by atoms with Crippen molar-refractivity contribution in [1.82, 2.24) is 4.90 Å². The number of urea groups is 1. The van der Waals surface area contributed by atoms with E-state index >= 15 is 0 Å². The molecule has 4 nitrogen and oxygen atoms in total. The molecule has 1 heterocycles. The monoisotopic (exact) mass is 368 g/mol. The molecule has 0 aromatic heterocycles. The fourth-order valence-electron chi connectivity index (χ4n) is 2.82. The van der Waals surface area contributed by atoms with E-state index in [0.717, 1.165) is 12.1 Å². The van der Waals surface area contributed by atoms with Gasteiger partial charge >= 0.3 is 6.03 Å². The van der Waals surface area contributed by atoms with E-state index in [0.29, 0.717) is 10.5 Å². The number of benzene rings is 2. The number of carbonyl (C=O) groups is 2. The quantitative estimate of drug-likeness (QED) is 0.716. The number of hydrogen-bond acceptors (Lipinski definition) is 2. The Labute approximate surface area is 156 Å². The van der Waals surface area contributed by atoms with E-state index in [1.807, 2.05) is 6.07 Å². The summed E-state index contributed by atoms with van der Waals surface area (Å²) in [6.45, 7) is 3.43. The third kappa shape index (κ3) is 3.54. The summed E-state index contributed by atoms with van der Waals surface area (Å²) in [7, 11) is 1.50. The SMILES string of the molecule is CN1C(=O)N(c2c(F)cc(C#Cc3ccccc3)cc2F)C(=O)CC1(C)C. The fraction of sp³-hybridized carbons (Fsp3) is 0.238. The van der Waals surface area contributed by atoms with Crippen molar-refractivity contribution < 1.29 is 18.4 Å². The van der Waals surface area contributed by atoms with Gasteiger partial charge in [0, 0.05) is 23.7 Å². The molecule has 2 aromatic carbocycles. The topological polar surface area (TPSA) is 40.6 Å². The maximum absolute atomic E-state index is 14.6. The van der Waals surface area contributed by atoms with Crippen molar-refractivity contribution in [1.29, 1.82) is 0 Å². The summed E-state index contributed by atoms with van der Waals surface area (Å²) in [6, 6.07) is 10.3. The average molecular weight is 368 g/mol. The highest BCUT2D eigenvalue weighted by atomic mass is 19.1. The van der Waals surface area contributed by atoms with Gasteiger partial charge in [-0.3, -0.25) is 4.79 Å². The maximum Gasteiger partial charge on any atom is 0.331 e. The Hall–Kier alpha value is -3.20. The highest BCUT2D eigenvalue weighted by Gasteiger charge is 2.44. The number of anilines is 1. The number of amides is 3. The van der Waals surface area contributed by atoms with Crippen LogP contribution in [0.5, 0.6) is 0 Å². The van der Waals surface area contributed by atoms with Crippen LogP contribution in [0.1, 0.15) is 31.4 Å². The molecule has 0 unspecified atom stereocenters. The second kappa shape index (κ2) is 6.84. The first kappa shape index (κ1) is 18.6. The van der Waals surface area contributed by atoms with E-state index in [1.54, 1.807) is 38.1 Å². The van der Waals surface area contributed by atoms with Gasteiger partial charge in [-0.25, -0.2) is 18.5 Å². The van der Waals surface area contributed by atoms with Crippen LogP contribution >= 0.6 is 0 Å². The highest BCUT2D eigenvalue weighted by molar-refractivity contribution is 6.16. The van der Waals surface area contributed by atoms with Gasteiger partial charge in [-0.15, -0.1) is 0 Å². The normalized spacial score (nSPS) is 16.2. The van der Waals surface area contributed by atoms with Crippen LogP contribution in [0.3, 0.4) is 0 Å². The molecule has 27 heavy (non-hydrogen) atoms. The van der Waals surface area contributed by atoms with Crippen molar-refractivity contribution in [2.75, 3.05) is 11.9 Å². The van der Waals surface area contributed by atoms with Crippen LogP contribution in [0.15, 0.2) is 42.5 Å². The van der Waals surface area contributed by atoms with Crippen LogP contribution < -0.4 is 4.90 Å².